The number of aryl methyl sites for hydroxylation is 2. The standard InChI is InChI=1S/C18H18N2O2S2/c1-13-8-9-17(14(2)10-13)24(21,22)19-11-18-20-16(12-23-18)15-6-4-3-5-7-15/h3-10,12,19H,11H2,1-2H3. The van der Waals surface area contributed by atoms with Crippen LogP contribution < -0.4 is 4.72 Å². The molecule has 2 aromatic carbocycles. The highest BCUT2D eigenvalue weighted by molar-refractivity contribution is 7.89. The zero-order valence-corrected chi connectivity index (χ0v) is 15.1. The lowest BCUT2D eigenvalue weighted by molar-refractivity contribution is 0.580. The van der Waals surface area contributed by atoms with Gasteiger partial charge in [0.05, 0.1) is 17.1 Å². The summed E-state index contributed by atoms with van der Waals surface area (Å²) in [6, 6.07) is 15.1. The maximum atomic E-state index is 12.5. The van der Waals surface area contributed by atoms with E-state index in [1.54, 1.807) is 19.1 Å². The van der Waals surface area contributed by atoms with Gasteiger partial charge in [0.2, 0.25) is 10.0 Å². The van der Waals surface area contributed by atoms with Crippen LogP contribution >= 0.6 is 11.3 Å². The molecule has 0 amide bonds. The van der Waals surface area contributed by atoms with Gasteiger partial charge in [0.1, 0.15) is 5.01 Å². The van der Waals surface area contributed by atoms with Crippen LogP contribution in [0.3, 0.4) is 0 Å². The average Bonchev–Trinajstić information content (AvgIpc) is 3.02. The molecule has 1 heterocycles. The Hall–Kier alpha value is -2.02. The highest BCUT2D eigenvalue weighted by atomic mass is 32.2. The van der Waals surface area contributed by atoms with E-state index in [0.29, 0.717) is 4.90 Å². The Balaban J connectivity index is 1.75. The van der Waals surface area contributed by atoms with Gasteiger partial charge in [0.25, 0.3) is 0 Å². The Labute approximate surface area is 146 Å². The molecule has 0 aliphatic heterocycles. The molecule has 4 nitrogen and oxygen atoms in total. The predicted molar refractivity (Wildman–Crippen MR) is 97.5 cm³/mol. The minimum atomic E-state index is -3.54. The SMILES string of the molecule is Cc1ccc(S(=O)(=O)NCc2nc(-c3ccccc3)cs2)c(C)c1. The number of rotatable bonds is 5. The lowest BCUT2D eigenvalue weighted by atomic mass is 10.2. The van der Waals surface area contributed by atoms with Gasteiger partial charge in [-0.1, -0.05) is 48.0 Å². The Morgan fingerprint density at radius 3 is 2.54 bits per heavy atom. The largest absolute Gasteiger partial charge is 0.241 e. The number of nitrogens with zero attached hydrogens (tertiary/aromatic N) is 1. The van der Waals surface area contributed by atoms with E-state index in [1.807, 2.05) is 48.7 Å². The summed E-state index contributed by atoms with van der Waals surface area (Å²) >= 11 is 1.45. The van der Waals surface area contributed by atoms with E-state index >= 15 is 0 Å². The number of thiazole rings is 1. The van der Waals surface area contributed by atoms with E-state index in [1.165, 1.54) is 11.3 Å². The number of benzene rings is 2. The summed E-state index contributed by atoms with van der Waals surface area (Å²) in [6.45, 7) is 3.93. The molecule has 24 heavy (non-hydrogen) atoms. The van der Waals surface area contributed by atoms with Crippen molar-refractivity contribution in [1.29, 1.82) is 0 Å². The quantitative estimate of drug-likeness (QED) is 0.752. The van der Waals surface area contributed by atoms with E-state index in [4.69, 9.17) is 0 Å². The molecule has 6 heteroatoms. The van der Waals surface area contributed by atoms with Crippen molar-refractivity contribution in [2.45, 2.75) is 25.3 Å². The summed E-state index contributed by atoms with van der Waals surface area (Å²) < 4.78 is 27.6. The van der Waals surface area contributed by atoms with E-state index in [-0.39, 0.29) is 6.54 Å². The second-order valence-electron chi connectivity index (χ2n) is 5.59. The fourth-order valence-electron chi connectivity index (χ4n) is 2.47. The van der Waals surface area contributed by atoms with E-state index in [2.05, 4.69) is 9.71 Å². The third-order valence-electron chi connectivity index (χ3n) is 3.65. The van der Waals surface area contributed by atoms with Gasteiger partial charge in [-0.3, -0.25) is 0 Å². The summed E-state index contributed by atoms with van der Waals surface area (Å²) in [5.41, 5.74) is 3.67. The second-order valence-corrected chi connectivity index (χ2v) is 8.26. The Bertz CT molecular complexity index is 948. The number of nitrogens with one attached hydrogen (secondary N) is 1. The van der Waals surface area contributed by atoms with Crippen LogP contribution in [0.25, 0.3) is 11.3 Å². The Kier molecular flexibility index (Phi) is 4.80. The normalized spacial score (nSPS) is 11.6. The van der Waals surface area contributed by atoms with Crippen molar-refractivity contribution in [2.75, 3.05) is 0 Å². The lowest BCUT2D eigenvalue weighted by Gasteiger charge is -2.09. The highest BCUT2D eigenvalue weighted by Crippen LogP contribution is 2.22. The number of hydrogen-bond acceptors (Lipinski definition) is 4. The van der Waals surface area contributed by atoms with Gasteiger partial charge in [-0.15, -0.1) is 11.3 Å². The van der Waals surface area contributed by atoms with Crippen LogP contribution in [0.15, 0.2) is 58.8 Å². The number of aromatic nitrogens is 1. The maximum absolute atomic E-state index is 12.5. The average molecular weight is 358 g/mol. The van der Waals surface area contributed by atoms with E-state index in [0.717, 1.165) is 27.4 Å². The molecule has 0 aliphatic rings. The van der Waals surface area contributed by atoms with Gasteiger partial charge in [0.15, 0.2) is 0 Å². The monoisotopic (exact) mass is 358 g/mol. The fraction of sp³-hybridized carbons (Fsp3) is 0.167. The van der Waals surface area contributed by atoms with E-state index < -0.39 is 10.0 Å². The zero-order chi connectivity index (χ0) is 17.2. The van der Waals surface area contributed by atoms with Crippen LogP contribution in [0, 0.1) is 13.8 Å². The molecule has 3 rings (SSSR count). The fourth-order valence-corrected chi connectivity index (χ4v) is 4.52. The Morgan fingerprint density at radius 1 is 1.08 bits per heavy atom. The third-order valence-corrected chi connectivity index (χ3v) is 6.06. The Morgan fingerprint density at radius 2 is 1.83 bits per heavy atom. The lowest BCUT2D eigenvalue weighted by Crippen LogP contribution is -2.24. The summed E-state index contributed by atoms with van der Waals surface area (Å²) in [4.78, 5) is 4.82. The van der Waals surface area contributed by atoms with Crippen LogP contribution in [-0.2, 0) is 16.6 Å². The molecule has 0 fully saturated rings. The molecule has 0 saturated carbocycles. The van der Waals surface area contributed by atoms with Gasteiger partial charge >= 0.3 is 0 Å². The van der Waals surface area contributed by atoms with Crippen LogP contribution in [-0.4, -0.2) is 13.4 Å². The summed E-state index contributed by atoms with van der Waals surface area (Å²) in [5, 5.41) is 2.68. The first-order chi connectivity index (χ1) is 11.5. The maximum Gasteiger partial charge on any atom is 0.241 e. The van der Waals surface area contributed by atoms with Gasteiger partial charge < -0.3 is 0 Å². The molecule has 0 bridgehead atoms. The van der Waals surface area contributed by atoms with Crippen molar-refractivity contribution >= 4 is 21.4 Å². The minimum Gasteiger partial charge on any atom is -0.240 e. The zero-order valence-electron chi connectivity index (χ0n) is 13.5. The minimum absolute atomic E-state index is 0.188. The molecule has 0 aliphatic carbocycles. The van der Waals surface area contributed by atoms with Gasteiger partial charge in [0, 0.05) is 10.9 Å². The van der Waals surface area contributed by atoms with Gasteiger partial charge in [-0.2, -0.15) is 0 Å². The molecule has 1 aromatic heterocycles. The van der Waals surface area contributed by atoms with Crippen molar-refractivity contribution in [3.05, 3.63) is 70.0 Å². The highest BCUT2D eigenvalue weighted by Gasteiger charge is 2.17. The molecule has 0 unspecified atom stereocenters. The molecule has 3 aromatic rings. The van der Waals surface area contributed by atoms with Crippen molar-refractivity contribution in [3.63, 3.8) is 0 Å². The second kappa shape index (κ2) is 6.84. The van der Waals surface area contributed by atoms with Crippen molar-refractivity contribution in [3.8, 4) is 11.3 Å². The van der Waals surface area contributed by atoms with Crippen molar-refractivity contribution in [2.24, 2.45) is 0 Å². The molecular formula is C18H18N2O2S2. The smallest absolute Gasteiger partial charge is 0.240 e. The first-order valence-electron chi connectivity index (χ1n) is 7.52. The first-order valence-corrected chi connectivity index (χ1v) is 9.89. The number of sulfonamides is 1. The molecule has 1 N–H and O–H groups in total. The summed E-state index contributed by atoms with van der Waals surface area (Å²) in [5.74, 6) is 0. The topological polar surface area (TPSA) is 59.1 Å². The molecule has 0 radical (unpaired) electrons. The number of hydrogen-bond donors (Lipinski definition) is 1. The van der Waals surface area contributed by atoms with Gasteiger partial charge in [-0.05, 0) is 25.5 Å². The van der Waals surface area contributed by atoms with Crippen molar-refractivity contribution in [1.82, 2.24) is 9.71 Å². The van der Waals surface area contributed by atoms with Crippen LogP contribution in [0.4, 0.5) is 0 Å². The molecule has 0 atom stereocenters. The molecular weight excluding hydrogens is 340 g/mol. The van der Waals surface area contributed by atoms with Crippen LogP contribution in [0.2, 0.25) is 0 Å². The van der Waals surface area contributed by atoms with Crippen LogP contribution in [0.1, 0.15) is 16.1 Å². The summed E-state index contributed by atoms with van der Waals surface area (Å²) in [6.07, 6.45) is 0. The molecule has 0 spiro atoms. The molecule has 124 valence electrons. The summed E-state index contributed by atoms with van der Waals surface area (Å²) in [7, 11) is -3.54. The van der Waals surface area contributed by atoms with Crippen molar-refractivity contribution < 1.29 is 8.42 Å². The van der Waals surface area contributed by atoms with Gasteiger partial charge in [-0.25, -0.2) is 18.1 Å². The predicted octanol–water partition coefficient (Wildman–Crippen LogP) is 3.91. The first kappa shape index (κ1) is 16.8. The molecule has 0 saturated heterocycles. The van der Waals surface area contributed by atoms with E-state index in [9.17, 15) is 8.42 Å². The third kappa shape index (κ3) is 3.72. The van der Waals surface area contributed by atoms with Crippen LogP contribution in [0.5, 0.6) is 0 Å².